The number of halogens is 3. The fraction of sp³-hybridized carbons (Fsp3) is 0.0625. The van der Waals surface area contributed by atoms with Gasteiger partial charge in [0, 0.05) is 0 Å². The van der Waals surface area contributed by atoms with Crippen LogP contribution >= 0.6 is 11.6 Å². The Labute approximate surface area is 166 Å². The number of rotatable bonds is 6. The molecule has 2 aromatic carbocycles. The monoisotopic (exact) mass is 427 g/mol. The normalized spacial score (nSPS) is 11.4. The number of carbonyl (C=O) groups is 1. The predicted molar refractivity (Wildman–Crippen MR) is 98.7 cm³/mol. The number of hydrazone groups is 2. The van der Waals surface area contributed by atoms with Crippen LogP contribution in [0.15, 0.2) is 40.5 Å². The Hall–Kier alpha value is -3.80. The van der Waals surface area contributed by atoms with Gasteiger partial charge in [-0.05, 0) is 35.9 Å². The van der Waals surface area contributed by atoms with Crippen molar-refractivity contribution in [2.75, 3.05) is 7.11 Å². The molecule has 0 aliphatic heterocycles. The average molecular weight is 428 g/mol. The molecule has 152 valence electrons. The summed E-state index contributed by atoms with van der Waals surface area (Å²) in [6.45, 7) is 0. The van der Waals surface area contributed by atoms with Crippen LogP contribution in [-0.4, -0.2) is 30.3 Å². The third-order valence-electron chi connectivity index (χ3n) is 3.20. The van der Waals surface area contributed by atoms with Gasteiger partial charge in [-0.15, -0.1) is 0 Å². The quantitative estimate of drug-likeness (QED) is 0.137. The molecule has 0 aliphatic carbocycles. The van der Waals surface area contributed by atoms with E-state index in [4.69, 9.17) is 26.8 Å². The second-order valence-corrected chi connectivity index (χ2v) is 5.55. The molecule has 0 aromatic heterocycles. The Morgan fingerprint density at radius 3 is 2.62 bits per heavy atom. The number of esters is 1. The number of guanidine groups is 1. The zero-order valence-corrected chi connectivity index (χ0v) is 15.3. The first-order valence-electron chi connectivity index (χ1n) is 7.53. The van der Waals surface area contributed by atoms with Crippen molar-refractivity contribution in [3.8, 4) is 11.5 Å². The summed E-state index contributed by atoms with van der Waals surface area (Å²) in [5.41, 5.74) is 7.40. The summed E-state index contributed by atoms with van der Waals surface area (Å²) >= 11 is 5.75. The van der Waals surface area contributed by atoms with E-state index in [9.17, 15) is 23.7 Å². The number of nitrogens with zero attached hydrogens (tertiary/aromatic N) is 3. The lowest BCUT2D eigenvalue weighted by molar-refractivity contribution is -0.485. The Morgan fingerprint density at radius 2 is 1.97 bits per heavy atom. The van der Waals surface area contributed by atoms with E-state index in [1.807, 2.05) is 0 Å². The number of nitrogens with one attached hydrogen (secondary N) is 1. The van der Waals surface area contributed by atoms with Crippen molar-refractivity contribution in [1.29, 1.82) is 0 Å². The highest BCUT2D eigenvalue weighted by Crippen LogP contribution is 2.29. The molecule has 0 bridgehead atoms. The van der Waals surface area contributed by atoms with Gasteiger partial charge in [0.15, 0.2) is 28.2 Å². The summed E-state index contributed by atoms with van der Waals surface area (Å²) in [6.07, 6.45) is 1.24. The van der Waals surface area contributed by atoms with Gasteiger partial charge in [0.25, 0.3) is 5.96 Å². The van der Waals surface area contributed by atoms with Gasteiger partial charge in [0.1, 0.15) is 5.10 Å². The maximum atomic E-state index is 13.4. The second-order valence-electron chi connectivity index (χ2n) is 5.14. The Kier molecular flexibility index (Phi) is 6.98. The van der Waals surface area contributed by atoms with E-state index in [-0.39, 0.29) is 22.1 Å². The molecule has 0 radical (unpaired) electrons. The molecule has 13 heteroatoms. The molecule has 3 N–H and O–H groups in total. The first kappa shape index (κ1) is 21.5. The lowest BCUT2D eigenvalue weighted by atomic mass is 10.2. The van der Waals surface area contributed by atoms with Crippen LogP contribution in [-0.2, 0) is 0 Å². The summed E-state index contributed by atoms with van der Waals surface area (Å²) in [5.74, 6) is -3.95. The number of nitrogens with two attached hydrogens (primary N) is 1. The highest BCUT2D eigenvalue weighted by atomic mass is 35.5. The largest absolute Gasteiger partial charge is 0.493 e. The molecule has 0 amide bonds. The van der Waals surface area contributed by atoms with Crippen LogP contribution in [0.2, 0.25) is 5.02 Å². The van der Waals surface area contributed by atoms with Crippen molar-refractivity contribution in [3.63, 3.8) is 0 Å². The number of nitro groups is 1. The molecule has 2 aromatic rings. The van der Waals surface area contributed by atoms with Crippen molar-refractivity contribution < 1.29 is 28.1 Å². The first-order chi connectivity index (χ1) is 13.7. The van der Waals surface area contributed by atoms with Crippen molar-refractivity contribution in [2.45, 2.75) is 0 Å². The van der Waals surface area contributed by atoms with Crippen molar-refractivity contribution >= 4 is 29.7 Å². The third-order valence-corrected chi connectivity index (χ3v) is 3.52. The third kappa shape index (κ3) is 5.84. The van der Waals surface area contributed by atoms with Gasteiger partial charge in [-0.2, -0.15) is 5.10 Å². The highest BCUT2D eigenvalue weighted by molar-refractivity contribution is 6.33. The minimum absolute atomic E-state index is 0.0298. The fourth-order valence-corrected chi connectivity index (χ4v) is 2.19. The van der Waals surface area contributed by atoms with Gasteiger partial charge >= 0.3 is 5.97 Å². The summed E-state index contributed by atoms with van der Waals surface area (Å²) in [5, 5.41) is 15.3. The summed E-state index contributed by atoms with van der Waals surface area (Å²) in [7, 11) is 1.30. The zero-order chi connectivity index (χ0) is 21.6. The molecule has 2 rings (SSSR count). The van der Waals surface area contributed by atoms with E-state index >= 15 is 0 Å². The van der Waals surface area contributed by atoms with Crippen molar-refractivity contribution in [2.24, 2.45) is 15.9 Å². The van der Waals surface area contributed by atoms with Crippen molar-refractivity contribution in [1.82, 2.24) is 5.43 Å². The molecule has 0 atom stereocenters. The maximum Gasteiger partial charge on any atom is 0.345 e. The fourth-order valence-electron chi connectivity index (χ4n) is 1.97. The number of ether oxygens (including phenoxy) is 2. The van der Waals surface area contributed by atoms with E-state index in [1.54, 1.807) is 0 Å². The first-order valence-corrected chi connectivity index (χ1v) is 7.91. The molecule has 0 fully saturated rings. The van der Waals surface area contributed by atoms with Crippen LogP contribution in [0.3, 0.4) is 0 Å². The average Bonchev–Trinajstić information content (AvgIpc) is 2.65. The number of hydrogen-bond acceptors (Lipinski definition) is 6. The molecule has 0 heterocycles. The standard InChI is InChI=1S/C16H12ClF2N5O5/c1-28-14-4-8(7-21-22-16(20)23-24(26)27)2-3-13(14)29-15(25)9-5-11(18)12(19)6-10(9)17/h2-7H,1H3,(H3,20,22,23). The molecule has 0 saturated carbocycles. The van der Waals surface area contributed by atoms with Gasteiger partial charge in [0.2, 0.25) is 0 Å². The summed E-state index contributed by atoms with van der Waals surface area (Å²) < 4.78 is 36.7. The van der Waals surface area contributed by atoms with Crippen molar-refractivity contribution in [3.05, 3.63) is 68.2 Å². The number of hydrogen-bond donors (Lipinski definition) is 2. The van der Waals surface area contributed by atoms with Crippen LogP contribution in [0.5, 0.6) is 11.5 Å². The van der Waals surface area contributed by atoms with E-state index < -0.39 is 28.6 Å². The minimum Gasteiger partial charge on any atom is -0.493 e. The van der Waals surface area contributed by atoms with Gasteiger partial charge in [-0.25, -0.2) is 29.1 Å². The minimum atomic E-state index is -1.26. The molecule has 29 heavy (non-hydrogen) atoms. The molecular weight excluding hydrogens is 416 g/mol. The lowest BCUT2D eigenvalue weighted by Gasteiger charge is -2.11. The van der Waals surface area contributed by atoms with Crippen LogP contribution in [0.25, 0.3) is 0 Å². The van der Waals surface area contributed by atoms with Gasteiger partial charge in [-0.3, -0.25) is 0 Å². The Morgan fingerprint density at radius 1 is 1.28 bits per heavy atom. The Balaban J connectivity index is 2.18. The van der Waals surface area contributed by atoms with Gasteiger partial charge < -0.3 is 15.2 Å². The van der Waals surface area contributed by atoms with E-state index in [2.05, 4.69) is 15.6 Å². The Bertz CT molecular complexity index is 1020. The molecule has 0 aliphatic rings. The molecule has 0 spiro atoms. The lowest BCUT2D eigenvalue weighted by Crippen LogP contribution is -2.28. The highest BCUT2D eigenvalue weighted by Gasteiger charge is 2.18. The van der Waals surface area contributed by atoms with E-state index in [0.717, 1.165) is 0 Å². The molecule has 10 nitrogen and oxygen atoms in total. The summed E-state index contributed by atoms with van der Waals surface area (Å²) in [6, 6.07) is 5.51. The molecule has 0 unspecified atom stereocenters. The topological polar surface area (TPSA) is 141 Å². The van der Waals surface area contributed by atoms with E-state index in [0.29, 0.717) is 17.7 Å². The van der Waals surface area contributed by atoms with Crippen LogP contribution in [0.4, 0.5) is 8.78 Å². The zero-order valence-electron chi connectivity index (χ0n) is 14.6. The van der Waals surface area contributed by atoms with Crippen LogP contribution < -0.4 is 20.6 Å². The van der Waals surface area contributed by atoms with Crippen LogP contribution in [0.1, 0.15) is 15.9 Å². The number of carbonyl (C=O) groups excluding carboxylic acids is 1. The second kappa shape index (κ2) is 9.41. The smallest absolute Gasteiger partial charge is 0.345 e. The number of methoxy groups -OCH3 is 1. The van der Waals surface area contributed by atoms with Gasteiger partial charge in [0.05, 0.1) is 23.9 Å². The number of benzene rings is 2. The maximum absolute atomic E-state index is 13.4. The molecule has 0 saturated heterocycles. The summed E-state index contributed by atoms with van der Waals surface area (Å²) in [4.78, 5) is 22.4. The van der Waals surface area contributed by atoms with Crippen LogP contribution in [0, 0.1) is 21.7 Å². The van der Waals surface area contributed by atoms with E-state index in [1.165, 1.54) is 31.5 Å². The molecular formula is C16H12ClF2N5O5. The SMILES string of the molecule is COc1cc(C=NNC(N)=N[N+](=O)[O-])ccc1OC(=O)c1cc(F)c(F)cc1Cl. The van der Waals surface area contributed by atoms with Gasteiger partial charge in [-0.1, -0.05) is 11.6 Å². The predicted octanol–water partition coefficient (Wildman–Crippen LogP) is 2.28.